The molecule has 0 fully saturated rings. The topological polar surface area (TPSA) is 27.7 Å². The van der Waals surface area contributed by atoms with Gasteiger partial charge in [-0.2, -0.15) is 0 Å². The summed E-state index contributed by atoms with van der Waals surface area (Å²) in [6.07, 6.45) is 5.06. The van der Waals surface area contributed by atoms with Gasteiger partial charge in [0.25, 0.3) is 0 Å². The maximum absolute atomic E-state index is 5.61. The largest absolute Gasteiger partial charge is 0.501 e. The lowest BCUT2D eigenvalue weighted by molar-refractivity contribution is 0.0874. The Morgan fingerprint density at radius 3 is 1.40 bits per heavy atom. The molecule has 0 N–H and O–H groups in total. The zero-order valence-electron chi connectivity index (χ0n) is 9.41. The van der Waals surface area contributed by atoms with Gasteiger partial charge in [0.05, 0.1) is 19.8 Å². The summed E-state index contributed by atoms with van der Waals surface area (Å²) in [5, 5.41) is 0. The van der Waals surface area contributed by atoms with E-state index in [0.717, 1.165) is 6.04 Å². The second kappa shape index (κ2) is 8.61. The Bertz CT molecular complexity index is 173. The summed E-state index contributed by atoms with van der Waals surface area (Å²) < 4.78 is 16.8. The quantitative estimate of drug-likeness (QED) is 0.425. The summed E-state index contributed by atoms with van der Waals surface area (Å²) in [5.41, 5.74) is 0. The monoisotopic (exact) mass is 228 g/mol. The first kappa shape index (κ1) is 14.3. The van der Waals surface area contributed by atoms with Gasteiger partial charge in [-0.1, -0.05) is 25.2 Å². The molecule has 0 aliphatic carbocycles. The van der Waals surface area contributed by atoms with Crippen LogP contribution in [0.15, 0.2) is 38.0 Å². The van der Waals surface area contributed by atoms with Gasteiger partial charge in [0.15, 0.2) is 0 Å². The third-order valence-electron chi connectivity index (χ3n) is 1.70. The first-order valence-electron chi connectivity index (χ1n) is 4.99. The van der Waals surface area contributed by atoms with E-state index in [1.54, 1.807) is 18.2 Å². The number of hydrogen-bond acceptors (Lipinski definition) is 3. The molecule has 0 saturated heterocycles. The van der Waals surface area contributed by atoms with Crippen LogP contribution in [0.3, 0.4) is 0 Å². The summed E-state index contributed by atoms with van der Waals surface area (Å²) in [5.74, 6) is 0. The van der Waals surface area contributed by atoms with Gasteiger partial charge in [0.1, 0.15) is 0 Å². The highest BCUT2D eigenvalue weighted by Crippen LogP contribution is 2.15. The maximum Gasteiger partial charge on any atom is 0.501 e. The smallest absolute Gasteiger partial charge is 0.370 e. The summed E-state index contributed by atoms with van der Waals surface area (Å²) in [6, 6.07) is 0.725. The van der Waals surface area contributed by atoms with Crippen LogP contribution in [0.1, 0.15) is 6.92 Å². The summed E-state index contributed by atoms with van der Waals surface area (Å²) in [4.78, 5) is 0. The molecule has 0 unspecified atom stereocenters. The Morgan fingerprint density at radius 1 is 0.867 bits per heavy atom. The lowest BCUT2D eigenvalue weighted by Gasteiger charge is -2.27. The van der Waals surface area contributed by atoms with Gasteiger partial charge in [-0.25, -0.2) is 0 Å². The fraction of sp³-hybridized carbons (Fsp3) is 0.455. The van der Waals surface area contributed by atoms with Crippen molar-refractivity contribution < 1.29 is 13.3 Å². The van der Waals surface area contributed by atoms with Gasteiger partial charge in [0.2, 0.25) is 0 Å². The predicted molar refractivity (Wildman–Crippen MR) is 64.7 cm³/mol. The molecule has 15 heavy (non-hydrogen) atoms. The standard InChI is InChI=1S/C11H20O3Si/c1-5-9-12-15(8-4,13-10-6-2)14-11-7-3/h5-7H,1-3,8-11H2,4H3. The van der Waals surface area contributed by atoms with Crippen molar-refractivity contribution in [1.82, 2.24) is 0 Å². The minimum atomic E-state index is -2.55. The summed E-state index contributed by atoms with van der Waals surface area (Å²) >= 11 is 0. The third-order valence-corrected chi connectivity index (χ3v) is 4.38. The van der Waals surface area contributed by atoms with Crippen molar-refractivity contribution >= 4 is 8.80 Å². The van der Waals surface area contributed by atoms with Gasteiger partial charge in [-0.15, -0.1) is 19.7 Å². The van der Waals surface area contributed by atoms with E-state index >= 15 is 0 Å². The van der Waals surface area contributed by atoms with Crippen molar-refractivity contribution in [2.24, 2.45) is 0 Å². The van der Waals surface area contributed by atoms with Crippen LogP contribution in [-0.4, -0.2) is 28.6 Å². The van der Waals surface area contributed by atoms with Crippen LogP contribution in [0.25, 0.3) is 0 Å². The maximum atomic E-state index is 5.61. The highest BCUT2D eigenvalue weighted by Gasteiger charge is 2.38. The molecule has 0 rings (SSSR count). The fourth-order valence-corrected chi connectivity index (χ4v) is 2.97. The average Bonchev–Trinajstić information content (AvgIpc) is 2.29. The number of rotatable bonds is 10. The second-order valence-corrected chi connectivity index (χ2v) is 5.77. The molecule has 0 atom stereocenters. The SMILES string of the molecule is C=CCO[Si](CC)(OCC=C)OCC=C. The van der Waals surface area contributed by atoms with Crippen molar-refractivity contribution in [1.29, 1.82) is 0 Å². The van der Waals surface area contributed by atoms with Crippen molar-refractivity contribution in [3.05, 3.63) is 38.0 Å². The minimum Gasteiger partial charge on any atom is -0.370 e. The predicted octanol–water partition coefficient (Wildman–Crippen LogP) is 2.55. The Kier molecular flexibility index (Phi) is 8.22. The highest BCUT2D eigenvalue weighted by molar-refractivity contribution is 6.60. The van der Waals surface area contributed by atoms with Gasteiger partial charge < -0.3 is 13.3 Å². The van der Waals surface area contributed by atoms with E-state index in [4.69, 9.17) is 13.3 Å². The minimum absolute atomic E-state index is 0.439. The summed E-state index contributed by atoms with van der Waals surface area (Å²) in [7, 11) is -2.55. The molecule has 86 valence electrons. The molecule has 0 spiro atoms. The first-order chi connectivity index (χ1) is 7.24. The normalized spacial score (nSPS) is 11.0. The molecule has 0 aliphatic rings. The molecule has 0 aliphatic heterocycles. The molecule has 0 saturated carbocycles. The van der Waals surface area contributed by atoms with Crippen LogP contribution < -0.4 is 0 Å². The lowest BCUT2D eigenvalue weighted by Crippen LogP contribution is -2.45. The van der Waals surface area contributed by atoms with E-state index in [1.807, 2.05) is 6.92 Å². The molecule has 0 aromatic carbocycles. The van der Waals surface area contributed by atoms with Gasteiger partial charge >= 0.3 is 8.80 Å². The molecule has 0 aromatic heterocycles. The Balaban J connectivity index is 4.34. The van der Waals surface area contributed by atoms with E-state index in [1.165, 1.54) is 0 Å². The Labute approximate surface area is 93.4 Å². The first-order valence-corrected chi connectivity index (χ1v) is 6.92. The van der Waals surface area contributed by atoms with Gasteiger partial charge in [-0.3, -0.25) is 0 Å². The second-order valence-electron chi connectivity index (χ2n) is 2.84. The van der Waals surface area contributed by atoms with Gasteiger partial charge in [0, 0.05) is 6.04 Å². The van der Waals surface area contributed by atoms with Crippen molar-refractivity contribution in [2.45, 2.75) is 13.0 Å². The van der Waals surface area contributed by atoms with E-state index in [2.05, 4.69) is 19.7 Å². The van der Waals surface area contributed by atoms with Crippen LogP contribution in [0.4, 0.5) is 0 Å². The van der Waals surface area contributed by atoms with Crippen molar-refractivity contribution in [3.63, 3.8) is 0 Å². The van der Waals surface area contributed by atoms with Crippen LogP contribution in [0.2, 0.25) is 6.04 Å². The number of hydrogen-bond donors (Lipinski definition) is 0. The zero-order valence-corrected chi connectivity index (χ0v) is 10.4. The molecule has 0 bridgehead atoms. The molecule has 0 amide bonds. The van der Waals surface area contributed by atoms with Crippen LogP contribution in [-0.2, 0) is 13.3 Å². The van der Waals surface area contributed by atoms with Crippen LogP contribution in [0, 0.1) is 0 Å². The van der Waals surface area contributed by atoms with E-state index in [-0.39, 0.29) is 0 Å². The Morgan fingerprint density at radius 2 is 1.20 bits per heavy atom. The van der Waals surface area contributed by atoms with E-state index in [9.17, 15) is 0 Å². The van der Waals surface area contributed by atoms with E-state index < -0.39 is 8.80 Å². The third kappa shape index (κ3) is 5.69. The average molecular weight is 228 g/mol. The Hall–Kier alpha value is -0.683. The van der Waals surface area contributed by atoms with E-state index in [0.29, 0.717) is 19.8 Å². The highest BCUT2D eigenvalue weighted by atomic mass is 28.4. The van der Waals surface area contributed by atoms with Crippen molar-refractivity contribution in [3.8, 4) is 0 Å². The van der Waals surface area contributed by atoms with Gasteiger partial charge in [-0.05, 0) is 0 Å². The van der Waals surface area contributed by atoms with Crippen LogP contribution >= 0.6 is 0 Å². The van der Waals surface area contributed by atoms with Crippen LogP contribution in [0.5, 0.6) is 0 Å². The summed E-state index contributed by atoms with van der Waals surface area (Å²) in [6.45, 7) is 14.1. The lowest BCUT2D eigenvalue weighted by atomic mass is 10.7. The fourth-order valence-electron chi connectivity index (χ4n) is 0.989. The molecule has 4 heteroatoms. The molecule has 0 heterocycles. The molecular formula is C11H20O3Si. The molecule has 3 nitrogen and oxygen atoms in total. The van der Waals surface area contributed by atoms with Crippen molar-refractivity contribution in [2.75, 3.05) is 19.8 Å². The zero-order chi connectivity index (χ0) is 11.6. The molecular weight excluding hydrogens is 208 g/mol. The molecule has 0 radical (unpaired) electrons. The molecule has 0 aromatic rings.